The quantitative estimate of drug-likeness (QED) is 0.783. The number of ether oxygens (including phenoxy) is 2. The molecule has 2 rings (SSSR count). The lowest BCUT2D eigenvalue weighted by Gasteiger charge is -2.13. The van der Waals surface area contributed by atoms with Crippen LogP contribution in [-0.2, 0) is 14.3 Å². The van der Waals surface area contributed by atoms with Crippen molar-refractivity contribution in [1.82, 2.24) is 0 Å². The number of amides is 1. The maximum atomic E-state index is 11.8. The molecule has 0 aliphatic heterocycles. The Morgan fingerprint density at radius 1 is 1.13 bits per heavy atom. The van der Waals surface area contributed by atoms with Crippen LogP contribution in [0.4, 0.5) is 5.69 Å². The summed E-state index contributed by atoms with van der Waals surface area (Å²) >= 11 is 3.31. The fourth-order valence-electron chi connectivity index (χ4n) is 1.77. The number of nitrogens with one attached hydrogen (secondary N) is 1. The van der Waals surface area contributed by atoms with E-state index in [2.05, 4.69) is 21.2 Å². The second-order valence-electron chi connectivity index (χ2n) is 4.74. The molecule has 6 heteroatoms. The average molecular weight is 378 g/mol. The van der Waals surface area contributed by atoms with Gasteiger partial charge in [-0.25, -0.2) is 4.79 Å². The lowest BCUT2D eigenvalue weighted by Crippen LogP contribution is -2.29. The highest BCUT2D eigenvalue weighted by Gasteiger charge is 2.17. The molecule has 1 atom stereocenters. The molecule has 120 valence electrons. The van der Waals surface area contributed by atoms with E-state index in [4.69, 9.17) is 9.47 Å². The zero-order chi connectivity index (χ0) is 16.7. The van der Waals surface area contributed by atoms with Gasteiger partial charge in [-0.3, -0.25) is 4.79 Å². The topological polar surface area (TPSA) is 64.6 Å². The first-order chi connectivity index (χ1) is 11.0. The molecule has 0 spiro atoms. The molecule has 0 radical (unpaired) electrons. The molecule has 0 bridgehead atoms. The summed E-state index contributed by atoms with van der Waals surface area (Å²) in [6.07, 6.45) is -0.795. The van der Waals surface area contributed by atoms with Crippen LogP contribution >= 0.6 is 15.9 Å². The minimum Gasteiger partial charge on any atom is -0.479 e. The number of benzene rings is 2. The van der Waals surface area contributed by atoms with Gasteiger partial charge in [0.05, 0.1) is 0 Å². The number of anilines is 1. The molecule has 5 nitrogen and oxygen atoms in total. The van der Waals surface area contributed by atoms with Crippen LogP contribution in [0.1, 0.15) is 6.92 Å². The summed E-state index contributed by atoms with van der Waals surface area (Å²) < 4.78 is 11.2. The molecule has 0 saturated carbocycles. The summed E-state index contributed by atoms with van der Waals surface area (Å²) in [5, 5.41) is 2.64. The van der Waals surface area contributed by atoms with Crippen molar-refractivity contribution < 1.29 is 19.1 Å². The SMILES string of the molecule is C[C@@H](Oc1ccccc1)C(=O)OCC(=O)Nc1cccc(Br)c1. The van der Waals surface area contributed by atoms with E-state index in [0.717, 1.165) is 4.47 Å². The van der Waals surface area contributed by atoms with Crippen LogP contribution in [0.15, 0.2) is 59.1 Å². The van der Waals surface area contributed by atoms with Gasteiger partial charge >= 0.3 is 5.97 Å². The molecule has 0 aliphatic carbocycles. The third-order valence-electron chi connectivity index (χ3n) is 2.84. The van der Waals surface area contributed by atoms with E-state index in [1.165, 1.54) is 0 Å². The number of esters is 1. The standard InChI is InChI=1S/C17H16BrNO4/c1-12(23-15-8-3-2-4-9-15)17(21)22-11-16(20)19-14-7-5-6-13(18)10-14/h2-10,12H,11H2,1H3,(H,19,20)/t12-/m1/s1. The maximum absolute atomic E-state index is 11.8. The van der Waals surface area contributed by atoms with Crippen LogP contribution in [0.2, 0.25) is 0 Å². The first-order valence-electron chi connectivity index (χ1n) is 6.98. The Morgan fingerprint density at radius 3 is 2.57 bits per heavy atom. The van der Waals surface area contributed by atoms with Crippen molar-refractivity contribution in [3.63, 3.8) is 0 Å². The van der Waals surface area contributed by atoms with Gasteiger partial charge in [-0.05, 0) is 37.3 Å². The third-order valence-corrected chi connectivity index (χ3v) is 3.34. The first-order valence-corrected chi connectivity index (χ1v) is 7.77. The van der Waals surface area contributed by atoms with Gasteiger partial charge in [0.1, 0.15) is 5.75 Å². The summed E-state index contributed by atoms with van der Waals surface area (Å²) in [5.41, 5.74) is 0.619. The Hall–Kier alpha value is -2.34. The number of hydrogen-bond donors (Lipinski definition) is 1. The lowest BCUT2D eigenvalue weighted by molar-refractivity contribution is -0.153. The van der Waals surface area contributed by atoms with Crippen molar-refractivity contribution in [2.24, 2.45) is 0 Å². The number of rotatable bonds is 6. The maximum Gasteiger partial charge on any atom is 0.347 e. The highest BCUT2D eigenvalue weighted by atomic mass is 79.9. The van der Waals surface area contributed by atoms with E-state index >= 15 is 0 Å². The summed E-state index contributed by atoms with van der Waals surface area (Å²) in [7, 11) is 0. The van der Waals surface area contributed by atoms with Crippen LogP contribution in [0, 0.1) is 0 Å². The molecule has 0 aromatic heterocycles. The Bertz CT molecular complexity index is 675. The monoisotopic (exact) mass is 377 g/mol. The number of hydrogen-bond acceptors (Lipinski definition) is 4. The van der Waals surface area contributed by atoms with Gasteiger partial charge in [0.15, 0.2) is 12.7 Å². The molecule has 0 aliphatic rings. The van der Waals surface area contributed by atoms with Gasteiger partial charge in [0.2, 0.25) is 0 Å². The van der Waals surface area contributed by atoms with Gasteiger partial charge in [-0.2, -0.15) is 0 Å². The predicted molar refractivity (Wildman–Crippen MR) is 90.3 cm³/mol. The zero-order valence-corrected chi connectivity index (χ0v) is 14.1. The molecule has 1 N–H and O–H groups in total. The molecule has 2 aromatic rings. The van der Waals surface area contributed by atoms with Crippen LogP contribution in [0.3, 0.4) is 0 Å². The van der Waals surface area contributed by atoms with Gasteiger partial charge in [-0.1, -0.05) is 40.2 Å². The molecule has 0 fully saturated rings. The number of carbonyl (C=O) groups excluding carboxylic acids is 2. The Labute approximate surface area is 142 Å². The molecule has 23 heavy (non-hydrogen) atoms. The van der Waals surface area contributed by atoms with Crippen molar-refractivity contribution in [2.75, 3.05) is 11.9 Å². The highest BCUT2D eigenvalue weighted by Crippen LogP contribution is 2.15. The van der Waals surface area contributed by atoms with E-state index in [0.29, 0.717) is 11.4 Å². The number of para-hydroxylation sites is 1. The van der Waals surface area contributed by atoms with Crippen LogP contribution in [0.25, 0.3) is 0 Å². The van der Waals surface area contributed by atoms with Crippen LogP contribution < -0.4 is 10.1 Å². The summed E-state index contributed by atoms with van der Waals surface area (Å²) in [6.45, 7) is 1.20. The van der Waals surface area contributed by atoms with Gasteiger partial charge in [0.25, 0.3) is 5.91 Å². The van der Waals surface area contributed by atoms with Gasteiger partial charge in [-0.15, -0.1) is 0 Å². The molecule has 0 saturated heterocycles. The highest BCUT2D eigenvalue weighted by molar-refractivity contribution is 9.10. The number of carbonyl (C=O) groups is 2. The van der Waals surface area contributed by atoms with Crippen molar-refractivity contribution in [3.8, 4) is 5.75 Å². The van der Waals surface area contributed by atoms with Gasteiger partial charge in [0, 0.05) is 10.2 Å². The molecule has 2 aromatic carbocycles. The zero-order valence-electron chi connectivity index (χ0n) is 12.5. The van der Waals surface area contributed by atoms with E-state index in [1.807, 2.05) is 12.1 Å². The molecule has 0 unspecified atom stereocenters. The molecule has 0 heterocycles. The van der Waals surface area contributed by atoms with E-state index < -0.39 is 18.0 Å². The number of halogens is 1. The Kier molecular flexibility index (Phi) is 6.17. The van der Waals surface area contributed by atoms with Crippen molar-refractivity contribution in [1.29, 1.82) is 0 Å². The second kappa shape index (κ2) is 8.33. The third kappa shape index (κ3) is 5.75. The minimum atomic E-state index is -0.795. The van der Waals surface area contributed by atoms with Crippen molar-refractivity contribution in [3.05, 3.63) is 59.1 Å². The van der Waals surface area contributed by atoms with Crippen molar-refractivity contribution >= 4 is 33.5 Å². The molecule has 1 amide bonds. The Morgan fingerprint density at radius 2 is 1.87 bits per heavy atom. The summed E-state index contributed by atoms with van der Waals surface area (Å²) in [6, 6.07) is 16.1. The Balaban J connectivity index is 1.78. The van der Waals surface area contributed by atoms with E-state index in [9.17, 15) is 9.59 Å². The molecular formula is C17H16BrNO4. The summed E-state index contributed by atoms with van der Waals surface area (Å²) in [4.78, 5) is 23.6. The largest absolute Gasteiger partial charge is 0.479 e. The van der Waals surface area contributed by atoms with Crippen LogP contribution in [0.5, 0.6) is 5.75 Å². The van der Waals surface area contributed by atoms with Crippen LogP contribution in [-0.4, -0.2) is 24.6 Å². The fraction of sp³-hybridized carbons (Fsp3) is 0.176. The smallest absolute Gasteiger partial charge is 0.347 e. The molecular weight excluding hydrogens is 362 g/mol. The predicted octanol–water partition coefficient (Wildman–Crippen LogP) is 3.40. The van der Waals surface area contributed by atoms with E-state index in [-0.39, 0.29) is 6.61 Å². The van der Waals surface area contributed by atoms with Crippen molar-refractivity contribution in [2.45, 2.75) is 13.0 Å². The fourth-order valence-corrected chi connectivity index (χ4v) is 2.17. The second-order valence-corrected chi connectivity index (χ2v) is 5.66. The first kappa shape index (κ1) is 17.0. The van der Waals surface area contributed by atoms with Gasteiger partial charge < -0.3 is 14.8 Å². The van der Waals surface area contributed by atoms with E-state index in [1.54, 1.807) is 49.4 Å². The normalized spacial score (nSPS) is 11.4. The minimum absolute atomic E-state index is 0.367. The average Bonchev–Trinajstić information content (AvgIpc) is 2.53. The lowest BCUT2D eigenvalue weighted by atomic mass is 10.3. The summed E-state index contributed by atoms with van der Waals surface area (Å²) in [5.74, 6) is -0.447.